The minimum atomic E-state index is -0.251. The van der Waals surface area contributed by atoms with E-state index in [2.05, 4.69) is 24.8 Å². The van der Waals surface area contributed by atoms with Gasteiger partial charge in [-0.25, -0.2) is 4.79 Å². The summed E-state index contributed by atoms with van der Waals surface area (Å²) >= 11 is 0. The van der Waals surface area contributed by atoms with Crippen LogP contribution in [0.1, 0.15) is 30.0 Å². The van der Waals surface area contributed by atoms with Gasteiger partial charge in [0.05, 0.1) is 6.61 Å². The van der Waals surface area contributed by atoms with Crippen molar-refractivity contribution in [3.05, 3.63) is 47.5 Å². The molecule has 0 saturated heterocycles. The first-order chi connectivity index (χ1) is 8.24. The van der Waals surface area contributed by atoms with Crippen LogP contribution in [0.3, 0.4) is 0 Å². The second-order valence-corrected chi connectivity index (χ2v) is 4.04. The lowest BCUT2D eigenvalue weighted by molar-refractivity contribution is -0.137. The molecule has 0 unspecified atom stereocenters. The fourth-order valence-electron chi connectivity index (χ4n) is 2.12. The lowest BCUT2D eigenvalue weighted by atomic mass is 10.0. The maximum atomic E-state index is 11.4. The molecule has 0 atom stereocenters. The second kappa shape index (κ2) is 5.00. The van der Waals surface area contributed by atoms with Crippen LogP contribution in [-0.4, -0.2) is 12.6 Å². The molecule has 0 fully saturated rings. The highest BCUT2D eigenvalue weighted by Crippen LogP contribution is 2.33. The monoisotopic (exact) mass is 228 g/mol. The Morgan fingerprint density at radius 2 is 2.29 bits per heavy atom. The summed E-state index contributed by atoms with van der Waals surface area (Å²) in [6, 6.07) is 6.25. The Morgan fingerprint density at radius 3 is 3.00 bits per heavy atom. The predicted molar refractivity (Wildman–Crippen MR) is 69.5 cm³/mol. The molecular weight excluding hydrogens is 212 g/mol. The van der Waals surface area contributed by atoms with Crippen LogP contribution in [0.25, 0.3) is 11.6 Å². The van der Waals surface area contributed by atoms with E-state index in [1.165, 1.54) is 5.56 Å². The SMILES string of the molecule is C=Cc1ccc2c(c1)/C(=C/C(=O)OCC)CC2. The quantitative estimate of drug-likeness (QED) is 0.586. The highest BCUT2D eigenvalue weighted by Gasteiger charge is 2.17. The van der Waals surface area contributed by atoms with E-state index >= 15 is 0 Å². The van der Waals surface area contributed by atoms with Crippen molar-refractivity contribution in [2.75, 3.05) is 6.61 Å². The van der Waals surface area contributed by atoms with Gasteiger partial charge >= 0.3 is 5.97 Å². The van der Waals surface area contributed by atoms with E-state index in [4.69, 9.17) is 4.74 Å². The van der Waals surface area contributed by atoms with Gasteiger partial charge in [0.25, 0.3) is 0 Å². The van der Waals surface area contributed by atoms with Gasteiger partial charge in [-0.2, -0.15) is 0 Å². The lowest BCUT2D eigenvalue weighted by Gasteiger charge is -2.03. The van der Waals surface area contributed by atoms with E-state index in [0.717, 1.165) is 29.5 Å². The number of rotatable bonds is 3. The molecule has 0 bridgehead atoms. The Morgan fingerprint density at radius 1 is 1.47 bits per heavy atom. The van der Waals surface area contributed by atoms with Crippen LogP contribution < -0.4 is 0 Å². The molecule has 2 nitrogen and oxygen atoms in total. The third-order valence-corrected chi connectivity index (χ3v) is 2.96. The molecule has 0 amide bonds. The Bertz CT molecular complexity index is 484. The number of carbonyl (C=O) groups is 1. The molecule has 1 aliphatic rings. The highest BCUT2D eigenvalue weighted by molar-refractivity contribution is 5.93. The predicted octanol–water partition coefficient (Wildman–Crippen LogP) is 3.22. The average Bonchev–Trinajstić information content (AvgIpc) is 2.72. The van der Waals surface area contributed by atoms with Gasteiger partial charge in [-0.3, -0.25) is 0 Å². The number of esters is 1. The summed E-state index contributed by atoms with van der Waals surface area (Å²) in [5.41, 5.74) is 4.61. The highest BCUT2D eigenvalue weighted by atomic mass is 16.5. The van der Waals surface area contributed by atoms with Crippen molar-refractivity contribution < 1.29 is 9.53 Å². The van der Waals surface area contributed by atoms with E-state index in [1.807, 2.05) is 13.0 Å². The number of benzene rings is 1. The summed E-state index contributed by atoms with van der Waals surface area (Å²) in [6.07, 6.45) is 5.34. The molecule has 2 rings (SSSR count). The van der Waals surface area contributed by atoms with Gasteiger partial charge in [0.2, 0.25) is 0 Å². The Balaban J connectivity index is 2.32. The standard InChI is InChI=1S/C15H16O2/c1-3-11-5-6-12-7-8-13(14(12)9-11)10-15(16)17-4-2/h3,5-6,9-10H,1,4,7-8H2,2H3/b13-10+. The molecule has 1 aromatic carbocycles. The van der Waals surface area contributed by atoms with Crippen molar-refractivity contribution in [1.82, 2.24) is 0 Å². The van der Waals surface area contributed by atoms with Crippen LogP contribution in [0.5, 0.6) is 0 Å². The fraction of sp³-hybridized carbons (Fsp3) is 0.267. The van der Waals surface area contributed by atoms with Crippen LogP contribution in [0.2, 0.25) is 0 Å². The Labute approximate surface area is 102 Å². The maximum absolute atomic E-state index is 11.4. The molecule has 17 heavy (non-hydrogen) atoms. The molecule has 0 heterocycles. The maximum Gasteiger partial charge on any atom is 0.331 e. The number of allylic oxidation sites excluding steroid dienone is 1. The first-order valence-corrected chi connectivity index (χ1v) is 5.87. The number of hydrogen-bond acceptors (Lipinski definition) is 2. The topological polar surface area (TPSA) is 26.3 Å². The van der Waals surface area contributed by atoms with Gasteiger partial charge in [-0.1, -0.05) is 24.8 Å². The molecule has 2 heteroatoms. The van der Waals surface area contributed by atoms with Crippen molar-refractivity contribution in [3.63, 3.8) is 0 Å². The van der Waals surface area contributed by atoms with E-state index in [1.54, 1.807) is 6.08 Å². The Kier molecular flexibility index (Phi) is 3.43. The largest absolute Gasteiger partial charge is 0.463 e. The third kappa shape index (κ3) is 2.47. The average molecular weight is 228 g/mol. The number of carbonyl (C=O) groups excluding carboxylic acids is 1. The van der Waals surface area contributed by atoms with Gasteiger partial charge in [0, 0.05) is 6.08 Å². The molecular formula is C15H16O2. The van der Waals surface area contributed by atoms with Crippen molar-refractivity contribution in [2.45, 2.75) is 19.8 Å². The molecule has 0 N–H and O–H groups in total. The molecule has 0 saturated carbocycles. The van der Waals surface area contributed by atoms with Gasteiger partial charge in [-0.05, 0) is 48.1 Å². The van der Waals surface area contributed by atoms with Crippen molar-refractivity contribution >= 4 is 17.6 Å². The molecule has 0 spiro atoms. The van der Waals surface area contributed by atoms with Crippen LogP contribution in [0, 0.1) is 0 Å². The number of hydrogen-bond donors (Lipinski definition) is 0. The number of aryl methyl sites for hydroxylation is 1. The van der Waals surface area contributed by atoms with Crippen molar-refractivity contribution in [2.24, 2.45) is 0 Å². The summed E-state index contributed by atoms with van der Waals surface area (Å²) in [7, 11) is 0. The molecule has 88 valence electrons. The molecule has 1 aliphatic carbocycles. The van der Waals surface area contributed by atoms with Gasteiger partial charge < -0.3 is 4.74 Å². The molecule has 0 radical (unpaired) electrons. The van der Waals surface area contributed by atoms with E-state index in [-0.39, 0.29) is 5.97 Å². The van der Waals surface area contributed by atoms with Crippen LogP contribution >= 0.6 is 0 Å². The van der Waals surface area contributed by atoms with Crippen molar-refractivity contribution in [1.29, 1.82) is 0 Å². The van der Waals surface area contributed by atoms with Gasteiger partial charge in [0.15, 0.2) is 0 Å². The van der Waals surface area contributed by atoms with Gasteiger partial charge in [-0.15, -0.1) is 0 Å². The zero-order valence-electron chi connectivity index (χ0n) is 10.0. The normalized spacial score (nSPS) is 15.7. The first-order valence-electron chi connectivity index (χ1n) is 5.87. The second-order valence-electron chi connectivity index (χ2n) is 4.04. The summed E-state index contributed by atoms with van der Waals surface area (Å²) < 4.78 is 4.94. The molecule has 1 aromatic rings. The van der Waals surface area contributed by atoms with Crippen LogP contribution in [-0.2, 0) is 16.0 Å². The molecule has 0 aliphatic heterocycles. The third-order valence-electron chi connectivity index (χ3n) is 2.96. The lowest BCUT2D eigenvalue weighted by Crippen LogP contribution is -2.00. The number of fused-ring (bicyclic) bond motifs is 1. The van der Waals surface area contributed by atoms with Crippen LogP contribution in [0.15, 0.2) is 30.9 Å². The van der Waals surface area contributed by atoms with Crippen LogP contribution in [0.4, 0.5) is 0 Å². The van der Waals surface area contributed by atoms with Gasteiger partial charge in [0.1, 0.15) is 0 Å². The minimum absolute atomic E-state index is 0.251. The summed E-state index contributed by atoms with van der Waals surface area (Å²) in [5, 5.41) is 0. The summed E-state index contributed by atoms with van der Waals surface area (Å²) in [4.78, 5) is 11.4. The summed E-state index contributed by atoms with van der Waals surface area (Å²) in [6.45, 7) is 5.99. The minimum Gasteiger partial charge on any atom is -0.463 e. The zero-order valence-corrected chi connectivity index (χ0v) is 10.0. The van der Waals surface area contributed by atoms with Crippen molar-refractivity contribution in [3.8, 4) is 0 Å². The first kappa shape index (κ1) is 11.6. The number of ether oxygens (including phenoxy) is 1. The smallest absolute Gasteiger partial charge is 0.331 e. The van der Waals surface area contributed by atoms with E-state index < -0.39 is 0 Å². The Hall–Kier alpha value is -1.83. The zero-order chi connectivity index (χ0) is 12.3. The van der Waals surface area contributed by atoms with E-state index in [9.17, 15) is 4.79 Å². The fourth-order valence-corrected chi connectivity index (χ4v) is 2.12. The van der Waals surface area contributed by atoms with E-state index in [0.29, 0.717) is 6.61 Å². The molecule has 0 aromatic heterocycles. The summed E-state index contributed by atoms with van der Waals surface area (Å²) in [5.74, 6) is -0.251.